The second-order valence-corrected chi connectivity index (χ2v) is 7.07. The van der Waals surface area contributed by atoms with Crippen molar-refractivity contribution in [1.29, 1.82) is 0 Å². The number of nitrogens with zero attached hydrogens (tertiary/aromatic N) is 3. The number of hydrogen-bond acceptors (Lipinski definition) is 5. The molecule has 8 heteroatoms. The molecular weight excluding hydrogens is 396 g/mol. The van der Waals surface area contributed by atoms with E-state index in [0.717, 1.165) is 5.56 Å². The van der Waals surface area contributed by atoms with Crippen LogP contribution in [0.5, 0.6) is 5.75 Å². The SMILES string of the molecule is C=CCn1c(SCC(=O)Nc2ccccc2Cl)nnc1-c1ccccc1OC. The van der Waals surface area contributed by atoms with E-state index in [1.165, 1.54) is 11.8 Å². The molecule has 0 bridgehead atoms. The molecule has 144 valence electrons. The number of hydrogen-bond donors (Lipinski definition) is 1. The Labute approximate surface area is 172 Å². The van der Waals surface area contributed by atoms with Crippen LogP contribution in [0.2, 0.25) is 5.02 Å². The zero-order chi connectivity index (χ0) is 19.9. The number of benzene rings is 2. The number of thioether (sulfide) groups is 1. The van der Waals surface area contributed by atoms with Crippen LogP contribution in [-0.4, -0.2) is 33.5 Å². The number of carbonyl (C=O) groups excluding carboxylic acids is 1. The summed E-state index contributed by atoms with van der Waals surface area (Å²) in [7, 11) is 1.61. The molecule has 0 aliphatic heterocycles. The van der Waals surface area contributed by atoms with Gasteiger partial charge >= 0.3 is 0 Å². The smallest absolute Gasteiger partial charge is 0.234 e. The lowest BCUT2D eigenvalue weighted by Gasteiger charge is -2.11. The lowest BCUT2D eigenvalue weighted by molar-refractivity contribution is -0.113. The summed E-state index contributed by atoms with van der Waals surface area (Å²) in [6.07, 6.45) is 1.76. The normalized spacial score (nSPS) is 10.5. The highest BCUT2D eigenvalue weighted by atomic mass is 35.5. The fourth-order valence-electron chi connectivity index (χ4n) is 2.60. The van der Waals surface area contributed by atoms with Crippen LogP contribution in [0.4, 0.5) is 5.69 Å². The van der Waals surface area contributed by atoms with E-state index in [4.69, 9.17) is 16.3 Å². The number of aromatic nitrogens is 3. The number of nitrogens with one attached hydrogen (secondary N) is 1. The Morgan fingerprint density at radius 2 is 2.00 bits per heavy atom. The van der Waals surface area contributed by atoms with Crippen LogP contribution in [0.25, 0.3) is 11.4 Å². The molecule has 1 aromatic heterocycles. The van der Waals surface area contributed by atoms with E-state index in [1.54, 1.807) is 25.3 Å². The van der Waals surface area contributed by atoms with Crippen LogP contribution in [0.15, 0.2) is 66.3 Å². The van der Waals surface area contributed by atoms with E-state index in [0.29, 0.717) is 34.0 Å². The van der Waals surface area contributed by atoms with Gasteiger partial charge in [0.25, 0.3) is 0 Å². The summed E-state index contributed by atoms with van der Waals surface area (Å²) in [5, 5.41) is 12.5. The van der Waals surface area contributed by atoms with Gasteiger partial charge in [0.15, 0.2) is 11.0 Å². The number of amides is 1. The molecule has 1 heterocycles. The third-order valence-corrected chi connectivity index (χ3v) is 5.15. The molecule has 6 nitrogen and oxygen atoms in total. The Morgan fingerprint density at radius 1 is 1.25 bits per heavy atom. The lowest BCUT2D eigenvalue weighted by Crippen LogP contribution is -2.15. The fourth-order valence-corrected chi connectivity index (χ4v) is 3.53. The molecule has 0 atom stereocenters. The molecule has 3 rings (SSSR count). The van der Waals surface area contributed by atoms with Gasteiger partial charge in [0, 0.05) is 6.54 Å². The van der Waals surface area contributed by atoms with Crippen LogP contribution >= 0.6 is 23.4 Å². The third kappa shape index (κ3) is 4.55. The highest BCUT2D eigenvalue weighted by Crippen LogP contribution is 2.31. The average molecular weight is 415 g/mol. The molecule has 1 amide bonds. The summed E-state index contributed by atoms with van der Waals surface area (Å²) >= 11 is 7.38. The van der Waals surface area contributed by atoms with Crippen LogP contribution in [-0.2, 0) is 11.3 Å². The summed E-state index contributed by atoms with van der Waals surface area (Å²) in [6, 6.07) is 14.7. The van der Waals surface area contributed by atoms with Gasteiger partial charge in [0.2, 0.25) is 5.91 Å². The van der Waals surface area contributed by atoms with E-state index in [9.17, 15) is 4.79 Å². The summed E-state index contributed by atoms with van der Waals surface area (Å²) in [5.41, 5.74) is 1.41. The van der Waals surface area contributed by atoms with Gasteiger partial charge in [-0.2, -0.15) is 0 Å². The first-order valence-corrected chi connectivity index (χ1v) is 9.85. The van der Waals surface area contributed by atoms with Crippen LogP contribution in [0.1, 0.15) is 0 Å². The Hall–Kier alpha value is -2.77. The Balaban J connectivity index is 1.77. The molecule has 0 saturated heterocycles. The van der Waals surface area contributed by atoms with Crippen molar-refractivity contribution in [3.05, 3.63) is 66.2 Å². The molecule has 0 unspecified atom stereocenters. The first kappa shape index (κ1) is 20.0. The number of halogens is 1. The molecule has 0 spiro atoms. The van der Waals surface area contributed by atoms with Crippen molar-refractivity contribution >= 4 is 35.0 Å². The number of para-hydroxylation sites is 2. The summed E-state index contributed by atoms with van der Waals surface area (Å²) in [6.45, 7) is 4.31. The van der Waals surface area contributed by atoms with Gasteiger partial charge in [-0.15, -0.1) is 16.8 Å². The summed E-state index contributed by atoms with van der Waals surface area (Å²) in [5.74, 6) is 1.36. The Morgan fingerprint density at radius 3 is 2.75 bits per heavy atom. The maximum absolute atomic E-state index is 12.3. The molecule has 2 aromatic carbocycles. The summed E-state index contributed by atoms with van der Waals surface area (Å²) < 4.78 is 7.33. The molecule has 1 N–H and O–H groups in total. The van der Waals surface area contributed by atoms with E-state index in [-0.39, 0.29) is 11.7 Å². The van der Waals surface area contributed by atoms with Gasteiger partial charge in [0.1, 0.15) is 5.75 Å². The number of anilines is 1. The molecule has 0 radical (unpaired) electrons. The van der Waals surface area contributed by atoms with Crippen molar-refractivity contribution in [2.75, 3.05) is 18.2 Å². The van der Waals surface area contributed by atoms with Crippen LogP contribution in [0, 0.1) is 0 Å². The molecule has 0 aliphatic rings. The van der Waals surface area contributed by atoms with E-state index >= 15 is 0 Å². The van der Waals surface area contributed by atoms with Crippen LogP contribution < -0.4 is 10.1 Å². The second kappa shape index (κ2) is 9.43. The Kier molecular flexibility index (Phi) is 6.73. The largest absolute Gasteiger partial charge is 0.496 e. The van der Waals surface area contributed by atoms with Crippen molar-refractivity contribution in [3.63, 3.8) is 0 Å². The highest BCUT2D eigenvalue weighted by Gasteiger charge is 2.17. The maximum atomic E-state index is 12.3. The lowest BCUT2D eigenvalue weighted by atomic mass is 10.2. The van der Waals surface area contributed by atoms with Gasteiger partial charge in [-0.1, -0.05) is 53.7 Å². The van der Waals surface area contributed by atoms with Crippen molar-refractivity contribution in [2.24, 2.45) is 0 Å². The highest BCUT2D eigenvalue weighted by molar-refractivity contribution is 7.99. The number of rotatable bonds is 8. The van der Waals surface area contributed by atoms with E-state index in [1.807, 2.05) is 41.0 Å². The van der Waals surface area contributed by atoms with Crippen LogP contribution in [0.3, 0.4) is 0 Å². The number of methoxy groups -OCH3 is 1. The first-order valence-electron chi connectivity index (χ1n) is 8.48. The third-order valence-electron chi connectivity index (χ3n) is 3.86. The van der Waals surface area contributed by atoms with E-state index in [2.05, 4.69) is 22.1 Å². The predicted molar refractivity (Wildman–Crippen MR) is 113 cm³/mol. The zero-order valence-electron chi connectivity index (χ0n) is 15.3. The second-order valence-electron chi connectivity index (χ2n) is 5.72. The zero-order valence-corrected chi connectivity index (χ0v) is 16.8. The average Bonchev–Trinajstić information content (AvgIpc) is 3.11. The number of allylic oxidation sites excluding steroid dienone is 1. The molecular formula is C20H19ClN4O2S. The van der Waals surface area contributed by atoms with Gasteiger partial charge in [0.05, 0.1) is 29.1 Å². The molecule has 0 saturated carbocycles. The van der Waals surface area contributed by atoms with Gasteiger partial charge in [-0.3, -0.25) is 9.36 Å². The first-order chi connectivity index (χ1) is 13.6. The van der Waals surface area contributed by atoms with E-state index < -0.39 is 0 Å². The van der Waals surface area contributed by atoms with Crippen molar-refractivity contribution in [2.45, 2.75) is 11.7 Å². The van der Waals surface area contributed by atoms with Gasteiger partial charge in [-0.05, 0) is 24.3 Å². The fraction of sp³-hybridized carbons (Fsp3) is 0.150. The van der Waals surface area contributed by atoms with Crippen molar-refractivity contribution < 1.29 is 9.53 Å². The topological polar surface area (TPSA) is 69.0 Å². The van der Waals surface area contributed by atoms with Crippen molar-refractivity contribution in [1.82, 2.24) is 14.8 Å². The number of ether oxygens (including phenoxy) is 1. The van der Waals surface area contributed by atoms with Crippen molar-refractivity contribution in [3.8, 4) is 17.1 Å². The minimum atomic E-state index is -0.176. The number of carbonyl (C=O) groups is 1. The molecule has 28 heavy (non-hydrogen) atoms. The predicted octanol–water partition coefficient (Wildman–Crippen LogP) is 4.52. The molecule has 0 fully saturated rings. The quantitative estimate of drug-likeness (QED) is 0.433. The summed E-state index contributed by atoms with van der Waals surface area (Å²) in [4.78, 5) is 12.3. The molecule has 3 aromatic rings. The minimum Gasteiger partial charge on any atom is -0.496 e. The monoisotopic (exact) mass is 414 g/mol. The maximum Gasteiger partial charge on any atom is 0.234 e. The Bertz CT molecular complexity index is 990. The van der Waals surface area contributed by atoms with Gasteiger partial charge < -0.3 is 10.1 Å². The minimum absolute atomic E-state index is 0.173. The molecule has 0 aliphatic carbocycles. The van der Waals surface area contributed by atoms with Gasteiger partial charge in [-0.25, -0.2) is 0 Å². The standard InChI is InChI=1S/C20H19ClN4O2S/c1-3-12-25-19(14-8-4-7-11-17(14)27-2)23-24-20(25)28-13-18(26)22-16-10-6-5-9-15(16)21/h3-11H,1,12-13H2,2H3,(H,22,26).